The molecule has 136 valence electrons. The van der Waals surface area contributed by atoms with E-state index in [1.54, 1.807) is 0 Å². The molecule has 1 saturated carbocycles. The molecule has 0 heterocycles. The van der Waals surface area contributed by atoms with E-state index in [0.29, 0.717) is 0 Å². The number of hydrogen-bond donors (Lipinski definition) is 2. The molecule has 1 rings (SSSR count). The smallest absolute Gasteiger partial charge is 0.419 e. The minimum Gasteiger partial charge on any atom is -0.444 e. The van der Waals surface area contributed by atoms with Crippen LogP contribution < -0.4 is 5.32 Å². The Morgan fingerprint density at radius 2 is 1.70 bits per heavy atom. The fourth-order valence-electron chi connectivity index (χ4n) is 2.51. The second kappa shape index (κ2) is 6.41. The highest BCUT2D eigenvalue weighted by Crippen LogP contribution is 2.46. The maximum atomic E-state index is 13.2. The Balaban J connectivity index is 2.78. The fraction of sp³-hybridized carbons (Fsp3) is 0.929. The molecule has 0 spiro atoms. The van der Waals surface area contributed by atoms with Crippen LogP contribution in [-0.4, -0.2) is 41.0 Å². The molecule has 1 aliphatic rings. The number of alkyl carbamates (subject to hydrolysis) is 1. The van der Waals surface area contributed by atoms with E-state index < -0.39 is 67.5 Å². The molecule has 1 atom stereocenters. The van der Waals surface area contributed by atoms with Crippen molar-refractivity contribution in [2.75, 3.05) is 6.54 Å². The van der Waals surface area contributed by atoms with Gasteiger partial charge in [0.25, 0.3) is 0 Å². The minimum atomic E-state index is -5.06. The molecule has 9 heteroatoms. The molecule has 1 fully saturated rings. The van der Waals surface area contributed by atoms with Gasteiger partial charge in [0.1, 0.15) is 5.60 Å². The number of alkyl halides is 5. The summed E-state index contributed by atoms with van der Waals surface area (Å²) in [6.45, 7) is 3.46. The average molecular weight is 347 g/mol. The van der Waals surface area contributed by atoms with Crippen LogP contribution in [0.2, 0.25) is 0 Å². The molecule has 1 aliphatic carbocycles. The van der Waals surface area contributed by atoms with Gasteiger partial charge in [-0.15, -0.1) is 0 Å². The van der Waals surface area contributed by atoms with E-state index in [0.717, 1.165) is 0 Å². The summed E-state index contributed by atoms with van der Waals surface area (Å²) in [6, 6.07) is 0. The Morgan fingerprint density at radius 3 is 2.09 bits per heavy atom. The molecule has 0 aromatic rings. The standard InChI is InChI=1S/C14H22F5NO3/c1-11(2,3)23-10(21)20-8-13(22,14(17,18)19)9-4-6-12(15,16)7-5-9/h9,22H,4-8H2,1-3H3,(H,20,21). The topological polar surface area (TPSA) is 58.6 Å². The molecular formula is C14H22F5NO3. The lowest BCUT2D eigenvalue weighted by atomic mass is 9.75. The largest absolute Gasteiger partial charge is 0.444 e. The van der Waals surface area contributed by atoms with Crippen LogP contribution in [0.25, 0.3) is 0 Å². The zero-order valence-electron chi connectivity index (χ0n) is 13.3. The molecule has 0 bridgehead atoms. The van der Waals surface area contributed by atoms with Crippen molar-refractivity contribution < 1.29 is 36.6 Å². The first-order valence-electron chi connectivity index (χ1n) is 7.30. The quantitative estimate of drug-likeness (QED) is 0.767. The third-order valence-electron chi connectivity index (χ3n) is 3.78. The number of halogens is 5. The molecule has 1 unspecified atom stereocenters. The van der Waals surface area contributed by atoms with Gasteiger partial charge in [-0.25, -0.2) is 13.6 Å². The number of nitrogens with one attached hydrogen (secondary N) is 1. The zero-order valence-corrected chi connectivity index (χ0v) is 13.3. The van der Waals surface area contributed by atoms with E-state index in [1.807, 2.05) is 5.32 Å². The van der Waals surface area contributed by atoms with Crippen molar-refractivity contribution in [3.8, 4) is 0 Å². The highest BCUT2D eigenvalue weighted by molar-refractivity contribution is 5.67. The number of ether oxygens (including phenoxy) is 1. The summed E-state index contributed by atoms with van der Waals surface area (Å²) in [5, 5.41) is 11.9. The van der Waals surface area contributed by atoms with Crippen LogP contribution in [-0.2, 0) is 4.74 Å². The van der Waals surface area contributed by atoms with Crippen LogP contribution in [0, 0.1) is 5.92 Å². The monoisotopic (exact) mass is 347 g/mol. The Labute approximate surface area is 131 Å². The van der Waals surface area contributed by atoms with Crippen molar-refractivity contribution in [2.45, 2.75) is 69.8 Å². The number of amides is 1. The van der Waals surface area contributed by atoms with Crippen molar-refractivity contribution >= 4 is 6.09 Å². The van der Waals surface area contributed by atoms with E-state index in [9.17, 15) is 31.9 Å². The molecular weight excluding hydrogens is 325 g/mol. The third kappa shape index (κ3) is 5.47. The van der Waals surface area contributed by atoms with E-state index in [2.05, 4.69) is 0 Å². The van der Waals surface area contributed by atoms with Crippen molar-refractivity contribution in [3.63, 3.8) is 0 Å². The molecule has 2 N–H and O–H groups in total. The van der Waals surface area contributed by atoms with Gasteiger partial charge in [-0.05, 0) is 39.5 Å². The molecule has 1 amide bonds. The van der Waals surface area contributed by atoms with Gasteiger partial charge in [-0.3, -0.25) is 0 Å². The number of carbonyl (C=O) groups is 1. The maximum absolute atomic E-state index is 13.2. The van der Waals surface area contributed by atoms with Gasteiger partial charge in [0, 0.05) is 12.8 Å². The van der Waals surface area contributed by atoms with Gasteiger partial charge in [0.2, 0.25) is 5.92 Å². The van der Waals surface area contributed by atoms with Crippen LogP contribution in [0.3, 0.4) is 0 Å². The number of rotatable bonds is 3. The van der Waals surface area contributed by atoms with Gasteiger partial charge in [-0.1, -0.05) is 0 Å². The molecule has 0 aliphatic heterocycles. The highest BCUT2D eigenvalue weighted by Gasteiger charge is 2.59. The highest BCUT2D eigenvalue weighted by atomic mass is 19.4. The second-order valence-corrected chi connectivity index (χ2v) is 6.91. The zero-order chi connectivity index (χ0) is 18.1. The SMILES string of the molecule is CC(C)(C)OC(=O)NCC(O)(C1CCC(F)(F)CC1)C(F)(F)F. The summed E-state index contributed by atoms with van der Waals surface area (Å²) >= 11 is 0. The van der Waals surface area contributed by atoms with Crippen molar-refractivity contribution in [1.82, 2.24) is 5.32 Å². The Kier molecular flexibility index (Phi) is 5.55. The molecule has 0 radical (unpaired) electrons. The third-order valence-corrected chi connectivity index (χ3v) is 3.78. The summed E-state index contributed by atoms with van der Waals surface area (Å²) in [7, 11) is 0. The predicted octanol–water partition coefficient (Wildman–Crippen LogP) is 3.63. The van der Waals surface area contributed by atoms with Gasteiger partial charge >= 0.3 is 12.3 Å². The molecule has 4 nitrogen and oxygen atoms in total. The summed E-state index contributed by atoms with van der Waals surface area (Å²) < 4.78 is 70.8. The van der Waals surface area contributed by atoms with Crippen molar-refractivity contribution in [3.05, 3.63) is 0 Å². The lowest BCUT2D eigenvalue weighted by molar-refractivity contribution is -0.283. The molecule has 0 aromatic heterocycles. The minimum absolute atomic E-state index is 0.473. The van der Waals surface area contributed by atoms with Crippen LogP contribution in [0.5, 0.6) is 0 Å². The summed E-state index contributed by atoms with van der Waals surface area (Å²) in [5.74, 6) is -4.42. The van der Waals surface area contributed by atoms with Gasteiger partial charge in [0.15, 0.2) is 5.60 Å². The first-order chi connectivity index (χ1) is 10.2. The van der Waals surface area contributed by atoms with Crippen LogP contribution in [0.15, 0.2) is 0 Å². The van der Waals surface area contributed by atoms with E-state index in [-0.39, 0.29) is 0 Å². The summed E-state index contributed by atoms with van der Waals surface area (Å²) in [6.07, 6.45) is -8.55. The Morgan fingerprint density at radius 1 is 1.22 bits per heavy atom. The molecule has 0 saturated heterocycles. The lowest BCUT2D eigenvalue weighted by Gasteiger charge is -2.41. The van der Waals surface area contributed by atoms with E-state index in [1.165, 1.54) is 20.8 Å². The summed E-state index contributed by atoms with van der Waals surface area (Å²) in [4.78, 5) is 11.5. The van der Waals surface area contributed by atoms with E-state index >= 15 is 0 Å². The van der Waals surface area contributed by atoms with E-state index in [4.69, 9.17) is 4.74 Å². The normalized spacial score (nSPS) is 22.3. The number of carbonyl (C=O) groups excluding carboxylic acids is 1. The van der Waals surface area contributed by atoms with Crippen molar-refractivity contribution in [2.24, 2.45) is 5.92 Å². The number of hydrogen-bond acceptors (Lipinski definition) is 3. The van der Waals surface area contributed by atoms with Crippen LogP contribution >= 0.6 is 0 Å². The second-order valence-electron chi connectivity index (χ2n) is 6.91. The Hall–Kier alpha value is -1.12. The maximum Gasteiger partial charge on any atom is 0.419 e. The van der Waals surface area contributed by atoms with Gasteiger partial charge in [-0.2, -0.15) is 13.2 Å². The average Bonchev–Trinajstić information content (AvgIpc) is 2.32. The van der Waals surface area contributed by atoms with Gasteiger partial charge in [0.05, 0.1) is 6.54 Å². The van der Waals surface area contributed by atoms with Crippen LogP contribution in [0.1, 0.15) is 46.5 Å². The van der Waals surface area contributed by atoms with Crippen molar-refractivity contribution in [1.29, 1.82) is 0 Å². The Bertz CT molecular complexity index is 423. The lowest BCUT2D eigenvalue weighted by Crippen LogP contribution is -2.59. The fourth-order valence-corrected chi connectivity index (χ4v) is 2.51. The van der Waals surface area contributed by atoms with Crippen LogP contribution in [0.4, 0.5) is 26.7 Å². The first kappa shape index (κ1) is 19.9. The predicted molar refractivity (Wildman–Crippen MR) is 72.1 cm³/mol. The molecule has 23 heavy (non-hydrogen) atoms. The summed E-state index contributed by atoms with van der Waals surface area (Å²) in [5.41, 5.74) is -4.17. The number of aliphatic hydroxyl groups is 1. The first-order valence-corrected chi connectivity index (χ1v) is 7.30. The van der Waals surface area contributed by atoms with Gasteiger partial charge < -0.3 is 15.2 Å². The molecule has 0 aromatic carbocycles.